The summed E-state index contributed by atoms with van der Waals surface area (Å²) in [5.74, 6) is 0.809. The molecule has 2 N–H and O–H groups in total. The fourth-order valence-corrected chi connectivity index (χ4v) is 3.10. The molecule has 0 aliphatic heterocycles. The Kier molecular flexibility index (Phi) is 2.66. The van der Waals surface area contributed by atoms with Gasteiger partial charge in [-0.15, -0.1) is 0 Å². The third-order valence-electron chi connectivity index (χ3n) is 4.16. The zero-order valence-corrected chi connectivity index (χ0v) is 11.9. The number of rotatable bonds is 1. The molecule has 0 spiro atoms. The van der Waals surface area contributed by atoms with Crippen LogP contribution in [0.5, 0.6) is 0 Å². The first-order valence-electron chi connectivity index (χ1n) is 6.94. The Morgan fingerprint density at radius 1 is 1.21 bits per heavy atom. The molecule has 1 aliphatic rings. The first kappa shape index (κ1) is 12.3. The Morgan fingerprint density at radius 2 is 1.89 bits per heavy atom. The van der Waals surface area contributed by atoms with Crippen LogP contribution in [-0.4, -0.2) is 9.78 Å². The summed E-state index contributed by atoms with van der Waals surface area (Å²) in [5, 5.41) is 4.74. The number of hydrogen-bond acceptors (Lipinski definition) is 2. The van der Waals surface area contributed by atoms with Crippen LogP contribution >= 0.6 is 0 Å². The number of benzene rings is 1. The Balaban J connectivity index is 2.15. The summed E-state index contributed by atoms with van der Waals surface area (Å²) < 4.78 is 1.90. The number of anilines is 1. The van der Waals surface area contributed by atoms with Gasteiger partial charge in [0.25, 0.3) is 0 Å². The van der Waals surface area contributed by atoms with Gasteiger partial charge in [0.05, 0.1) is 11.4 Å². The molecule has 0 unspecified atom stereocenters. The van der Waals surface area contributed by atoms with Crippen molar-refractivity contribution < 1.29 is 0 Å². The fourth-order valence-electron chi connectivity index (χ4n) is 3.10. The van der Waals surface area contributed by atoms with Crippen molar-refractivity contribution in [3.8, 4) is 5.69 Å². The van der Waals surface area contributed by atoms with Crippen LogP contribution in [0.25, 0.3) is 5.69 Å². The van der Waals surface area contributed by atoms with Gasteiger partial charge >= 0.3 is 0 Å². The molecule has 1 aliphatic carbocycles. The number of nitrogen functional groups attached to an aromatic ring is 1. The summed E-state index contributed by atoms with van der Waals surface area (Å²) in [6.45, 7) is 6.62. The van der Waals surface area contributed by atoms with Gasteiger partial charge in [0.15, 0.2) is 0 Å². The lowest BCUT2D eigenvalue weighted by molar-refractivity contribution is 0.432. The van der Waals surface area contributed by atoms with Gasteiger partial charge in [-0.1, -0.05) is 31.5 Å². The molecule has 3 heteroatoms. The van der Waals surface area contributed by atoms with E-state index >= 15 is 0 Å². The van der Waals surface area contributed by atoms with E-state index in [1.54, 1.807) is 0 Å². The van der Waals surface area contributed by atoms with Gasteiger partial charge in [-0.3, -0.25) is 0 Å². The Labute approximate surface area is 114 Å². The number of nitrogens with zero attached hydrogens (tertiary/aromatic N) is 2. The highest BCUT2D eigenvalue weighted by Gasteiger charge is 2.33. The largest absolute Gasteiger partial charge is 0.383 e. The monoisotopic (exact) mass is 255 g/mol. The molecule has 19 heavy (non-hydrogen) atoms. The van der Waals surface area contributed by atoms with Gasteiger partial charge in [-0.25, -0.2) is 4.68 Å². The van der Waals surface area contributed by atoms with Crippen molar-refractivity contribution in [2.24, 2.45) is 0 Å². The van der Waals surface area contributed by atoms with E-state index < -0.39 is 0 Å². The third-order valence-corrected chi connectivity index (χ3v) is 4.16. The molecule has 3 rings (SSSR count). The summed E-state index contributed by atoms with van der Waals surface area (Å²) in [5.41, 5.74) is 11.2. The molecule has 100 valence electrons. The summed E-state index contributed by atoms with van der Waals surface area (Å²) in [4.78, 5) is 0. The molecule has 0 saturated carbocycles. The molecule has 1 aromatic carbocycles. The van der Waals surface area contributed by atoms with E-state index in [-0.39, 0.29) is 5.41 Å². The molecule has 3 nitrogen and oxygen atoms in total. The predicted molar refractivity (Wildman–Crippen MR) is 78.7 cm³/mol. The topological polar surface area (TPSA) is 43.8 Å². The number of aromatic nitrogens is 2. The van der Waals surface area contributed by atoms with E-state index in [2.05, 4.69) is 45.0 Å². The molecule has 0 radical (unpaired) electrons. The van der Waals surface area contributed by atoms with Crippen LogP contribution in [0.1, 0.15) is 43.5 Å². The van der Waals surface area contributed by atoms with Crippen LogP contribution in [0.4, 0.5) is 5.82 Å². The van der Waals surface area contributed by atoms with Crippen LogP contribution in [-0.2, 0) is 11.8 Å². The van der Waals surface area contributed by atoms with Crippen molar-refractivity contribution in [2.45, 2.75) is 45.4 Å². The van der Waals surface area contributed by atoms with Crippen LogP contribution in [0.15, 0.2) is 24.3 Å². The van der Waals surface area contributed by atoms with Gasteiger partial charge < -0.3 is 5.73 Å². The average Bonchev–Trinajstić information content (AvgIpc) is 2.69. The number of aryl methyl sites for hydroxylation is 2. The molecular weight excluding hydrogens is 234 g/mol. The second kappa shape index (κ2) is 4.12. The second-order valence-electron chi connectivity index (χ2n) is 6.19. The quantitative estimate of drug-likeness (QED) is 0.849. The predicted octanol–water partition coefficient (Wildman–Crippen LogP) is 3.38. The van der Waals surface area contributed by atoms with E-state index in [1.807, 2.05) is 4.68 Å². The van der Waals surface area contributed by atoms with Crippen LogP contribution in [0, 0.1) is 6.92 Å². The molecule has 0 bridgehead atoms. The zero-order chi connectivity index (χ0) is 13.6. The normalized spacial score (nSPS) is 17.2. The van der Waals surface area contributed by atoms with E-state index in [1.165, 1.54) is 29.7 Å². The van der Waals surface area contributed by atoms with E-state index in [0.717, 1.165) is 17.9 Å². The number of fused-ring (bicyclic) bond motifs is 1. The molecule has 2 aromatic rings. The summed E-state index contributed by atoms with van der Waals surface area (Å²) >= 11 is 0. The van der Waals surface area contributed by atoms with Crippen LogP contribution in [0.2, 0.25) is 0 Å². The lowest BCUT2D eigenvalue weighted by Gasteiger charge is -2.29. The summed E-state index contributed by atoms with van der Waals surface area (Å²) in [6, 6.07) is 8.36. The van der Waals surface area contributed by atoms with Crippen LogP contribution < -0.4 is 5.73 Å². The Bertz CT molecular complexity index is 606. The highest BCUT2D eigenvalue weighted by molar-refractivity contribution is 5.54. The van der Waals surface area contributed by atoms with Gasteiger partial charge in [-0.2, -0.15) is 5.10 Å². The minimum atomic E-state index is 0.139. The maximum absolute atomic E-state index is 6.37. The Hall–Kier alpha value is -1.77. The number of hydrogen-bond donors (Lipinski definition) is 1. The highest BCUT2D eigenvalue weighted by atomic mass is 15.3. The van der Waals surface area contributed by atoms with Crippen molar-refractivity contribution in [1.29, 1.82) is 0 Å². The van der Waals surface area contributed by atoms with Crippen molar-refractivity contribution in [1.82, 2.24) is 9.78 Å². The molecule has 0 fully saturated rings. The highest BCUT2D eigenvalue weighted by Crippen LogP contribution is 2.40. The molecule has 0 saturated heterocycles. The van der Waals surface area contributed by atoms with Crippen molar-refractivity contribution in [3.63, 3.8) is 0 Å². The number of nitrogens with two attached hydrogens (primary N) is 1. The van der Waals surface area contributed by atoms with E-state index in [4.69, 9.17) is 10.8 Å². The Morgan fingerprint density at radius 3 is 2.53 bits per heavy atom. The summed E-state index contributed by atoms with van der Waals surface area (Å²) in [7, 11) is 0. The zero-order valence-electron chi connectivity index (χ0n) is 11.9. The van der Waals surface area contributed by atoms with E-state index in [9.17, 15) is 0 Å². The van der Waals surface area contributed by atoms with Gasteiger partial charge in [0.1, 0.15) is 5.82 Å². The molecule has 0 amide bonds. The van der Waals surface area contributed by atoms with Crippen LogP contribution in [0.3, 0.4) is 0 Å². The van der Waals surface area contributed by atoms with Crippen molar-refractivity contribution in [3.05, 3.63) is 41.1 Å². The maximum Gasteiger partial charge on any atom is 0.131 e. The van der Waals surface area contributed by atoms with Gasteiger partial charge in [0, 0.05) is 5.56 Å². The van der Waals surface area contributed by atoms with Gasteiger partial charge in [0.2, 0.25) is 0 Å². The molecule has 1 aromatic heterocycles. The molecule has 0 atom stereocenters. The molecule has 1 heterocycles. The molecular formula is C16H21N3. The van der Waals surface area contributed by atoms with Crippen molar-refractivity contribution >= 4 is 5.82 Å². The summed E-state index contributed by atoms with van der Waals surface area (Å²) in [6.07, 6.45) is 3.43. The SMILES string of the molecule is Cc1ccc(-n2nc3c(c2N)C(C)(C)CCC3)cc1. The van der Waals surface area contributed by atoms with E-state index in [0.29, 0.717) is 0 Å². The van der Waals surface area contributed by atoms with Gasteiger partial charge in [-0.05, 0) is 43.7 Å². The first-order valence-corrected chi connectivity index (χ1v) is 6.94. The van der Waals surface area contributed by atoms with Crippen molar-refractivity contribution in [2.75, 3.05) is 5.73 Å². The standard InChI is InChI=1S/C16H21N3/c1-11-6-8-12(9-7-11)19-15(17)14-13(18-19)5-4-10-16(14,2)3/h6-9H,4-5,10,17H2,1-3H3. The minimum Gasteiger partial charge on any atom is -0.383 e. The fraction of sp³-hybridized carbons (Fsp3) is 0.438. The lowest BCUT2D eigenvalue weighted by atomic mass is 9.75. The lowest BCUT2D eigenvalue weighted by Crippen LogP contribution is -2.24. The smallest absolute Gasteiger partial charge is 0.131 e. The average molecular weight is 255 g/mol. The maximum atomic E-state index is 6.37. The first-order chi connectivity index (χ1) is 8.99. The minimum absolute atomic E-state index is 0.139. The third kappa shape index (κ3) is 1.93. The second-order valence-corrected chi connectivity index (χ2v) is 6.19.